The minimum Gasteiger partial charge on any atom is -0.508 e. The zero-order valence-corrected chi connectivity index (χ0v) is 10.5. The molecular formula is C14H16N2O2. The summed E-state index contributed by atoms with van der Waals surface area (Å²) in [5, 5.41) is 18.9. The Kier molecular flexibility index (Phi) is 3.58. The molecule has 2 N–H and O–H groups in total. The third-order valence-corrected chi connectivity index (χ3v) is 2.97. The van der Waals surface area contributed by atoms with Crippen molar-refractivity contribution in [3.63, 3.8) is 0 Å². The molecule has 0 saturated heterocycles. The maximum absolute atomic E-state index is 9.72. The van der Waals surface area contributed by atoms with Crippen molar-refractivity contribution < 1.29 is 10.2 Å². The Morgan fingerprint density at radius 3 is 2.22 bits per heavy atom. The van der Waals surface area contributed by atoms with Gasteiger partial charge in [-0.15, -0.1) is 0 Å². The number of benzene rings is 1. The van der Waals surface area contributed by atoms with E-state index in [9.17, 15) is 10.2 Å². The number of rotatable bonds is 3. The normalized spacial score (nSPS) is 10.6. The summed E-state index contributed by atoms with van der Waals surface area (Å²) in [5.74, 6) is 0.909. The average molecular weight is 244 g/mol. The quantitative estimate of drug-likeness (QED) is 0.865. The topological polar surface area (TPSA) is 66.2 Å². The number of aromatic nitrogens is 2. The molecule has 4 heteroatoms. The Morgan fingerprint density at radius 1 is 1.06 bits per heavy atom. The molecule has 94 valence electrons. The van der Waals surface area contributed by atoms with Crippen LogP contribution in [0, 0.1) is 13.8 Å². The molecule has 0 amide bonds. The van der Waals surface area contributed by atoms with E-state index in [0.29, 0.717) is 12.2 Å². The van der Waals surface area contributed by atoms with Gasteiger partial charge in [0.05, 0.1) is 6.61 Å². The van der Waals surface area contributed by atoms with Crippen LogP contribution in [0.4, 0.5) is 0 Å². The maximum Gasteiger partial charge on any atom is 0.133 e. The number of hydrogen-bond acceptors (Lipinski definition) is 4. The molecule has 0 atom stereocenters. The van der Waals surface area contributed by atoms with Gasteiger partial charge in [-0.05, 0) is 19.9 Å². The lowest BCUT2D eigenvalue weighted by Crippen LogP contribution is -2.06. The molecule has 0 spiro atoms. The molecule has 0 saturated carbocycles. The average Bonchev–Trinajstić information content (AvgIpc) is 2.32. The monoisotopic (exact) mass is 244 g/mol. The van der Waals surface area contributed by atoms with Crippen molar-refractivity contribution in [2.24, 2.45) is 0 Å². The third-order valence-electron chi connectivity index (χ3n) is 2.97. The van der Waals surface area contributed by atoms with Crippen LogP contribution in [0.15, 0.2) is 24.3 Å². The summed E-state index contributed by atoms with van der Waals surface area (Å²) in [6, 6.07) is 7.16. The van der Waals surface area contributed by atoms with Crippen molar-refractivity contribution in [2.75, 3.05) is 0 Å². The molecule has 1 heterocycles. The van der Waals surface area contributed by atoms with Gasteiger partial charge in [-0.3, -0.25) is 0 Å². The van der Waals surface area contributed by atoms with Gasteiger partial charge in [-0.2, -0.15) is 0 Å². The zero-order valence-electron chi connectivity index (χ0n) is 10.5. The number of para-hydroxylation sites is 1. The predicted octanol–water partition coefficient (Wildman–Crippen LogP) is 1.88. The summed E-state index contributed by atoms with van der Waals surface area (Å²) in [6.07, 6.45) is 0.486. The molecular weight excluding hydrogens is 228 g/mol. The lowest BCUT2D eigenvalue weighted by atomic mass is 10.1. The number of nitrogens with zero attached hydrogens (tertiary/aromatic N) is 2. The van der Waals surface area contributed by atoms with E-state index in [4.69, 9.17) is 0 Å². The van der Waals surface area contributed by atoms with Crippen LogP contribution in [0.2, 0.25) is 0 Å². The highest BCUT2D eigenvalue weighted by atomic mass is 16.3. The lowest BCUT2D eigenvalue weighted by Gasteiger charge is -2.09. The van der Waals surface area contributed by atoms with Crippen LogP contribution in [-0.4, -0.2) is 20.2 Å². The zero-order chi connectivity index (χ0) is 13.1. The first-order valence-corrected chi connectivity index (χ1v) is 5.82. The van der Waals surface area contributed by atoms with E-state index < -0.39 is 0 Å². The van der Waals surface area contributed by atoms with Gasteiger partial charge in [-0.1, -0.05) is 18.2 Å². The minimum atomic E-state index is -0.0471. The molecule has 18 heavy (non-hydrogen) atoms. The van der Waals surface area contributed by atoms with Gasteiger partial charge in [0.15, 0.2) is 0 Å². The highest BCUT2D eigenvalue weighted by Crippen LogP contribution is 2.19. The first kappa shape index (κ1) is 12.5. The molecule has 0 bridgehead atoms. The van der Waals surface area contributed by atoms with Crippen LogP contribution < -0.4 is 0 Å². The van der Waals surface area contributed by atoms with Crippen LogP contribution >= 0.6 is 0 Å². The second-order valence-corrected chi connectivity index (χ2v) is 4.25. The van der Waals surface area contributed by atoms with Crippen molar-refractivity contribution in [1.82, 2.24) is 9.97 Å². The highest BCUT2D eigenvalue weighted by Gasteiger charge is 2.09. The first-order valence-electron chi connectivity index (χ1n) is 5.82. The number of phenolic OH excluding ortho intramolecular Hbond substituents is 1. The fourth-order valence-corrected chi connectivity index (χ4v) is 1.95. The van der Waals surface area contributed by atoms with Crippen LogP contribution in [0.1, 0.15) is 28.3 Å². The Bertz CT molecular complexity index is 544. The Hall–Kier alpha value is -1.94. The number of aryl methyl sites for hydroxylation is 2. The molecule has 4 nitrogen and oxygen atoms in total. The number of phenols is 1. The maximum atomic E-state index is 9.72. The second kappa shape index (κ2) is 5.14. The number of aromatic hydroxyl groups is 1. The standard InChI is InChI=1S/C14H16N2O2/c1-9-12(8-17)10(2)16-14(15-9)7-11-5-3-4-6-13(11)18/h3-6,17-18H,7-8H2,1-2H3. The van der Waals surface area contributed by atoms with E-state index in [1.807, 2.05) is 26.0 Å². The van der Waals surface area contributed by atoms with Crippen molar-refractivity contribution in [3.8, 4) is 5.75 Å². The lowest BCUT2D eigenvalue weighted by molar-refractivity contribution is 0.279. The molecule has 1 aromatic carbocycles. The van der Waals surface area contributed by atoms with Gasteiger partial charge in [0.2, 0.25) is 0 Å². The van der Waals surface area contributed by atoms with Crippen LogP contribution in [0.5, 0.6) is 5.75 Å². The molecule has 0 unspecified atom stereocenters. The Balaban J connectivity index is 2.34. The highest BCUT2D eigenvalue weighted by molar-refractivity contribution is 5.34. The fourth-order valence-electron chi connectivity index (χ4n) is 1.95. The van der Waals surface area contributed by atoms with E-state index in [-0.39, 0.29) is 12.4 Å². The first-order chi connectivity index (χ1) is 8.61. The van der Waals surface area contributed by atoms with E-state index in [0.717, 1.165) is 22.5 Å². The summed E-state index contributed by atoms with van der Waals surface area (Å²) in [5.41, 5.74) is 3.15. The number of aliphatic hydroxyl groups excluding tert-OH is 1. The molecule has 0 aliphatic carbocycles. The molecule has 1 aromatic heterocycles. The van der Waals surface area contributed by atoms with Gasteiger partial charge in [0.1, 0.15) is 11.6 Å². The van der Waals surface area contributed by atoms with Gasteiger partial charge in [0.25, 0.3) is 0 Å². The Morgan fingerprint density at radius 2 is 1.67 bits per heavy atom. The smallest absolute Gasteiger partial charge is 0.133 e. The summed E-state index contributed by atoms with van der Waals surface area (Å²) in [7, 11) is 0. The third kappa shape index (κ3) is 2.49. The number of hydrogen-bond donors (Lipinski definition) is 2. The van der Waals surface area contributed by atoms with E-state index >= 15 is 0 Å². The summed E-state index contributed by atoms with van der Waals surface area (Å²) in [4.78, 5) is 8.72. The summed E-state index contributed by atoms with van der Waals surface area (Å²) >= 11 is 0. The van der Waals surface area contributed by atoms with Crippen LogP contribution in [-0.2, 0) is 13.0 Å². The van der Waals surface area contributed by atoms with Crippen molar-refractivity contribution in [2.45, 2.75) is 26.9 Å². The molecule has 0 aliphatic rings. The number of aliphatic hydroxyl groups is 1. The van der Waals surface area contributed by atoms with E-state index in [1.54, 1.807) is 12.1 Å². The summed E-state index contributed by atoms with van der Waals surface area (Å²) in [6.45, 7) is 3.66. The van der Waals surface area contributed by atoms with Crippen molar-refractivity contribution >= 4 is 0 Å². The fraction of sp³-hybridized carbons (Fsp3) is 0.286. The van der Waals surface area contributed by atoms with Crippen LogP contribution in [0.25, 0.3) is 0 Å². The molecule has 2 rings (SSSR count). The largest absolute Gasteiger partial charge is 0.508 e. The molecule has 2 aromatic rings. The van der Waals surface area contributed by atoms with Crippen LogP contribution in [0.3, 0.4) is 0 Å². The minimum absolute atomic E-state index is 0.0471. The molecule has 0 aliphatic heterocycles. The Labute approximate surface area is 106 Å². The van der Waals surface area contributed by atoms with Gasteiger partial charge < -0.3 is 10.2 Å². The summed E-state index contributed by atoms with van der Waals surface area (Å²) < 4.78 is 0. The molecule has 0 radical (unpaired) electrons. The second-order valence-electron chi connectivity index (χ2n) is 4.25. The van der Waals surface area contributed by atoms with Gasteiger partial charge >= 0.3 is 0 Å². The van der Waals surface area contributed by atoms with E-state index in [1.165, 1.54) is 0 Å². The van der Waals surface area contributed by atoms with E-state index in [2.05, 4.69) is 9.97 Å². The predicted molar refractivity (Wildman–Crippen MR) is 68.3 cm³/mol. The van der Waals surface area contributed by atoms with Crippen molar-refractivity contribution in [3.05, 3.63) is 52.6 Å². The van der Waals surface area contributed by atoms with Crippen molar-refractivity contribution in [1.29, 1.82) is 0 Å². The SMILES string of the molecule is Cc1nc(Cc2ccccc2O)nc(C)c1CO. The van der Waals surface area contributed by atoms with Gasteiger partial charge in [-0.25, -0.2) is 9.97 Å². The van der Waals surface area contributed by atoms with Gasteiger partial charge in [0, 0.05) is 28.9 Å². The molecule has 0 fully saturated rings.